The molecule has 0 aliphatic carbocycles. The minimum absolute atomic E-state index is 0.0255. The van der Waals surface area contributed by atoms with Gasteiger partial charge >= 0.3 is 0 Å². The Morgan fingerprint density at radius 2 is 1.64 bits per heavy atom. The van der Waals surface area contributed by atoms with Crippen LogP contribution in [0.2, 0.25) is 5.02 Å². The first-order valence-corrected chi connectivity index (χ1v) is 12.0. The standard InChI is InChI=1S/C26H32ClN3O3/c1-28-14-16-29(17-15-28)24(31)18-26(20-33-23-6-3-2-4-7-23)12-5-13-30(19-26)25(32)21-8-10-22(27)11-9-21/h2-4,6-11H,5,12-20H2,1H3/t26-/m0/s1. The molecule has 2 fully saturated rings. The lowest BCUT2D eigenvalue weighted by atomic mass is 9.77. The number of nitrogens with zero attached hydrogens (tertiary/aromatic N) is 3. The van der Waals surface area contributed by atoms with Gasteiger partial charge in [0.25, 0.3) is 5.91 Å². The summed E-state index contributed by atoms with van der Waals surface area (Å²) >= 11 is 6.00. The SMILES string of the molecule is CN1CCN(C(=O)C[C@@]2(COc3ccccc3)CCCN(C(=O)c3ccc(Cl)cc3)C2)CC1. The van der Waals surface area contributed by atoms with Crippen LogP contribution in [0.4, 0.5) is 0 Å². The summed E-state index contributed by atoms with van der Waals surface area (Å²) in [6.45, 7) is 4.86. The van der Waals surface area contributed by atoms with E-state index in [1.165, 1.54) is 0 Å². The van der Waals surface area contributed by atoms with Crippen molar-refractivity contribution in [3.05, 3.63) is 65.2 Å². The van der Waals surface area contributed by atoms with Crippen molar-refractivity contribution in [1.29, 1.82) is 0 Å². The number of amides is 2. The predicted molar refractivity (Wildman–Crippen MR) is 130 cm³/mol. The van der Waals surface area contributed by atoms with E-state index in [2.05, 4.69) is 11.9 Å². The van der Waals surface area contributed by atoms with Crippen LogP contribution in [0.5, 0.6) is 5.75 Å². The van der Waals surface area contributed by atoms with E-state index in [1.807, 2.05) is 40.1 Å². The molecule has 2 aliphatic rings. The van der Waals surface area contributed by atoms with E-state index in [4.69, 9.17) is 16.3 Å². The molecule has 0 unspecified atom stereocenters. The molecule has 2 heterocycles. The fourth-order valence-corrected chi connectivity index (χ4v) is 4.84. The van der Waals surface area contributed by atoms with Gasteiger partial charge in [0.05, 0.1) is 6.61 Å². The summed E-state index contributed by atoms with van der Waals surface area (Å²) in [5, 5.41) is 0.605. The van der Waals surface area contributed by atoms with Crippen LogP contribution in [0.1, 0.15) is 29.6 Å². The van der Waals surface area contributed by atoms with Gasteiger partial charge in [-0.2, -0.15) is 0 Å². The summed E-state index contributed by atoms with van der Waals surface area (Å²) in [5.41, 5.74) is 0.195. The molecule has 0 saturated carbocycles. The van der Waals surface area contributed by atoms with Crippen LogP contribution >= 0.6 is 11.6 Å². The van der Waals surface area contributed by atoms with Crippen molar-refractivity contribution in [2.24, 2.45) is 5.41 Å². The number of hydrogen-bond acceptors (Lipinski definition) is 4. The number of ether oxygens (including phenoxy) is 1. The molecule has 2 aliphatic heterocycles. The molecule has 0 aromatic heterocycles. The Kier molecular flexibility index (Phi) is 7.56. The van der Waals surface area contributed by atoms with Crippen LogP contribution in [0.3, 0.4) is 0 Å². The Bertz CT molecular complexity index is 945. The Morgan fingerprint density at radius 3 is 2.33 bits per heavy atom. The van der Waals surface area contributed by atoms with Crippen molar-refractivity contribution in [3.8, 4) is 5.75 Å². The lowest BCUT2D eigenvalue weighted by Gasteiger charge is -2.43. The topological polar surface area (TPSA) is 53.1 Å². The second-order valence-electron chi connectivity index (χ2n) is 9.30. The third kappa shape index (κ3) is 6.06. The highest BCUT2D eigenvalue weighted by Gasteiger charge is 2.41. The maximum atomic E-state index is 13.3. The van der Waals surface area contributed by atoms with E-state index in [-0.39, 0.29) is 11.8 Å². The van der Waals surface area contributed by atoms with Crippen LogP contribution in [-0.2, 0) is 4.79 Å². The number of halogens is 1. The quantitative estimate of drug-likeness (QED) is 0.645. The molecule has 1 atom stereocenters. The lowest BCUT2D eigenvalue weighted by Crippen LogP contribution is -2.53. The van der Waals surface area contributed by atoms with Gasteiger partial charge < -0.3 is 19.4 Å². The summed E-state index contributed by atoms with van der Waals surface area (Å²) in [6.07, 6.45) is 2.07. The van der Waals surface area contributed by atoms with E-state index < -0.39 is 5.41 Å². The molecule has 0 bridgehead atoms. The largest absolute Gasteiger partial charge is 0.493 e. The third-order valence-electron chi connectivity index (χ3n) is 6.71. The lowest BCUT2D eigenvalue weighted by molar-refractivity contribution is -0.137. The maximum absolute atomic E-state index is 13.3. The molecule has 2 aromatic rings. The zero-order valence-electron chi connectivity index (χ0n) is 19.2. The molecule has 2 aromatic carbocycles. The van der Waals surface area contributed by atoms with E-state index in [9.17, 15) is 9.59 Å². The van der Waals surface area contributed by atoms with E-state index in [1.54, 1.807) is 24.3 Å². The van der Waals surface area contributed by atoms with Crippen LogP contribution < -0.4 is 4.74 Å². The second-order valence-corrected chi connectivity index (χ2v) is 9.74. The van der Waals surface area contributed by atoms with Crippen molar-refractivity contribution < 1.29 is 14.3 Å². The molecule has 176 valence electrons. The van der Waals surface area contributed by atoms with Crippen LogP contribution in [-0.4, -0.2) is 79.4 Å². The van der Waals surface area contributed by atoms with Gasteiger partial charge in [-0.3, -0.25) is 9.59 Å². The zero-order chi connectivity index (χ0) is 23.3. The number of rotatable bonds is 6. The number of hydrogen-bond donors (Lipinski definition) is 0. The third-order valence-corrected chi connectivity index (χ3v) is 6.96. The number of carbonyl (C=O) groups excluding carboxylic acids is 2. The molecule has 4 rings (SSSR count). The Labute approximate surface area is 201 Å². The van der Waals surface area contributed by atoms with Gasteiger partial charge in [0.2, 0.25) is 5.91 Å². The highest BCUT2D eigenvalue weighted by molar-refractivity contribution is 6.30. The van der Waals surface area contributed by atoms with Crippen LogP contribution in [0.15, 0.2) is 54.6 Å². The molecule has 0 spiro atoms. The zero-order valence-corrected chi connectivity index (χ0v) is 20.0. The van der Waals surface area contributed by atoms with Gasteiger partial charge in [-0.1, -0.05) is 29.8 Å². The second kappa shape index (κ2) is 10.6. The number of likely N-dealkylation sites (tertiary alicyclic amines) is 1. The Morgan fingerprint density at radius 1 is 0.939 bits per heavy atom. The molecule has 6 nitrogen and oxygen atoms in total. The number of piperidine rings is 1. The predicted octanol–water partition coefficient (Wildman–Crippen LogP) is 3.81. The van der Waals surface area contributed by atoms with Gasteiger partial charge in [0, 0.05) is 61.7 Å². The summed E-state index contributed by atoms with van der Waals surface area (Å²) in [5.74, 6) is 0.910. The molecule has 2 amide bonds. The Balaban J connectivity index is 1.51. The van der Waals surface area contributed by atoms with Crippen molar-refractivity contribution in [1.82, 2.24) is 14.7 Å². The minimum atomic E-state index is -0.420. The summed E-state index contributed by atoms with van der Waals surface area (Å²) < 4.78 is 6.17. The maximum Gasteiger partial charge on any atom is 0.253 e. The highest BCUT2D eigenvalue weighted by Crippen LogP contribution is 2.36. The number of para-hydroxylation sites is 1. The van der Waals surface area contributed by atoms with Crippen LogP contribution in [0, 0.1) is 5.41 Å². The monoisotopic (exact) mass is 469 g/mol. The molecule has 0 radical (unpaired) electrons. The minimum Gasteiger partial charge on any atom is -0.493 e. The average Bonchev–Trinajstić information content (AvgIpc) is 2.84. The van der Waals surface area contributed by atoms with Gasteiger partial charge in [-0.15, -0.1) is 0 Å². The fraction of sp³-hybridized carbons (Fsp3) is 0.462. The van der Waals surface area contributed by atoms with Crippen molar-refractivity contribution in [3.63, 3.8) is 0 Å². The number of piperazine rings is 1. The summed E-state index contributed by atoms with van der Waals surface area (Å²) in [4.78, 5) is 32.6. The number of carbonyl (C=O) groups is 2. The van der Waals surface area contributed by atoms with Gasteiger partial charge in [-0.25, -0.2) is 0 Å². The molecular formula is C26H32ClN3O3. The van der Waals surface area contributed by atoms with Gasteiger partial charge in [0.1, 0.15) is 5.75 Å². The average molecular weight is 470 g/mol. The smallest absolute Gasteiger partial charge is 0.253 e. The first-order chi connectivity index (χ1) is 15.9. The van der Waals surface area contributed by atoms with Gasteiger partial charge in [-0.05, 0) is 56.3 Å². The molecule has 7 heteroatoms. The molecule has 33 heavy (non-hydrogen) atoms. The van der Waals surface area contributed by atoms with Crippen molar-refractivity contribution in [2.75, 3.05) is 52.9 Å². The molecule has 2 saturated heterocycles. The van der Waals surface area contributed by atoms with E-state index >= 15 is 0 Å². The Hall–Kier alpha value is -2.57. The first kappa shape index (κ1) is 23.6. The first-order valence-electron chi connectivity index (χ1n) is 11.6. The highest BCUT2D eigenvalue weighted by atomic mass is 35.5. The molecule has 0 N–H and O–H groups in total. The fourth-order valence-electron chi connectivity index (χ4n) is 4.71. The van der Waals surface area contributed by atoms with Gasteiger partial charge in [0.15, 0.2) is 0 Å². The van der Waals surface area contributed by atoms with Crippen LogP contribution in [0.25, 0.3) is 0 Å². The number of benzene rings is 2. The normalized spacial score (nSPS) is 21.6. The van der Waals surface area contributed by atoms with Crippen molar-refractivity contribution in [2.45, 2.75) is 19.3 Å². The van der Waals surface area contributed by atoms with E-state index in [0.29, 0.717) is 36.7 Å². The number of likely N-dealkylation sites (N-methyl/N-ethyl adjacent to an activating group) is 1. The molecular weight excluding hydrogens is 438 g/mol. The van der Waals surface area contributed by atoms with E-state index in [0.717, 1.165) is 44.8 Å². The summed E-state index contributed by atoms with van der Waals surface area (Å²) in [6, 6.07) is 16.7. The van der Waals surface area contributed by atoms with Crippen molar-refractivity contribution >= 4 is 23.4 Å². The summed E-state index contributed by atoms with van der Waals surface area (Å²) in [7, 11) is 2.08.